The number of hydrogen-bond donors (Lipinski definition) is 9. The van der Waals surface area contributed by atoms with Crippen molar-refractivity contribution in [2.75, 3.05) is 5.75 Å². The molecule has 3 atom stereocenters. The quantitative estimate of drug-likeness (QED) is 0.201. The van der Waals surface area contributed by atoms with Crippen LogP contribution in [0.3, 0.4) is 0 Å². The Morgan fingerprint density at radius 2 is 1.24 bits per heavy atom. The summed E-state index contributed by atoms with van der Waals surface area (Å²) in [6.07, 6.45) is -0.0368. The Morgan fingerprint density at radius 1 is 0.828 bits per heavy atom. The number of hydrogen-bond acceptors (Lipinski definition) is 9. The minimum absolute atomic E-state index is 0.160. The predicted molar refractivity (Wildman–Crippen MR) is 106 cm³/mol. The van der Waals surface area contributed by atoms with Gasteiger partial charge in [0, 0.05) is 5.75 Å². The van der Waals surface area contributed by atoms with Crippen LogP contribution in [0.25, 0.3) is 0 Å². The zero-order valence-corrected chi connectivity index (χ0v) is 16.2. The Hall–Kier alpha value is -2.87. The molecule has 1 amide bonds. The topological polar surface area (TPSA) is 253 Å². The van der Waals surface area contributed by atoms with Crippen LogP contribution < -0.4 is 22.9 Å². The van der Waals surface area contributed by atoms with E-state index in [0.29, 0.717) is 0 Å². The van der Waals surface area contributed by atoms with E-state index in [4.69, 9.17) is 37.6 Å². The number of thiol groups is 1. The molecular formula is C16H26N4O8S. The number of aromatic hydroxyl groups is 1. The third-order valence-corrected chi connectivity index (χ3v) is 3.35. The number of phenolic OH excluding ortho intramolecular Hbond substituents is 1. The molecule has 13 heteroatoms. The molecule has 164 valence electrons. The Bertz CT molecular complexity index is 671. The summed E-state index contributed by atoms with van der Waals surface area (Å²) < 4.78 is 0. The second kappa shape index (κ2) is 15.1. The summed E-state index contributed by atoms with van der Waals surface area (Å²) in [4.78, 5) is 40.0. The molecule has 0 fully saturated rings. The van der Waals surface area contributed by atoms with Crippen LogP contribution in [0.5, 0.6) is 5.75 Å². The molecule has 0 saturated heterocycles. The lowest BCUT2D eigenvalue weighted by Crippen LogP contribution is -2.34. The summed E-state index contributed by atoms with van der Waals surface area (Å²) in [5.41, 5.74) is 20.6. The highest BCUT2D eigenvalue weighted by Gasteiger charge is 2.13. The lowest BCUT2D eigenvalue weighted by molar-refractivity contribution is -0.140. The molecule has 12 nitrogen and oxygen atoms in total. The number of carbonyl (C=O) groups is 4. The summed E-state index contributed by atoms with van der Waals surface area (Å²) in [5.74, 6) is -3.59. The predicted octanol–water partition coefficient (Wildman–Crippen LogP) is -2.05. The summed E-state index contributed by atoms with van der Waals surface area (Å²) in [5, 5.41) is 33.6. The number of amides is 1. The van der Waals surface area contributed by atoms with Crippen LogP contribution in [0, 0.1) is 0 Å². The number of carboxylic acid groups (broad SMARTS) is 3. The number of aliphatic carboxylic acids is 3. The highest BCUT2D eigenvalue weighted by Crippen LogP contribution is 2.10. The Labute approximate surface area is 171 Å². The van der Waals surface area contributed by atoms with Crippen molar-refractivity contribution in [2.45, 2.75) is 31.0 Å². The summed E-state index contributed by atoms with van der Waals surface area (Å²) >= 11 is 3.65. The van der Waals surface area contributed by atoms with Gasteiger partial charge in [0.2, 0.25) is 5.91 Å². The lowest BCUT2D eigenvalue weighted by atomic mass is 10.1. The fourth-order valence-corrected chi connectivity index (χ4v) is 1.51. The zero-order chi connectivity index (χ0) is 23.1. The maximum Gasteiger partial charge on any atom is 0.321 e. The molecule has 0 spiro atoms. The second-order valence-electron chi connectivity index (χ2n) is 5.56. The van der Waals surface area contributed by atoms with Gasteiger partial charge in [0.1, 0.15) is 23.9 Å². The van der Waals surface area contributed by atoms with Crippen molar-refractivity contribution in [2.24, 2.45) is 22.9 Å². The van der Waals surface area contributed by atoms with Crippen LogP contribution >= 0.6 is 12.6 Å². The molecule has 0 radical (unpaired) electrons. The first-order valence-corrected chi connectivity index (χ1v) is 8.57. The third-order valence-electron chi connectivity index (χ3n) is 2.96. The van der Waals surface area contributed by atoms with Crippen LogP contribution in [-0.4, -0.2) is 68.1 Å². The van der Waals surface area contributed by atoms with Gasteiger partial charge in [-0.3, -0.25) is 19.2 Å². The van der Waals surface area contributed by atoms with Crippen molar-refractivity contribution >= 4 is 36.4 Å². The molecule has 1 rings (SSSR count). The van der Waals surface area contributed by atoms with Crippen LogP contribution in [-0.2, 0) is 25.6 Å². The van der Waals surface area contributed by atoms with Crippen LogP contribution in [0.1, 0.15) is 12.0 Å². The Kier molecular flexibility index (Phi) is 14.8. The smallest absolute Gasteiger partial charge is 0.321 e. The van der Waals surface area contributed by atoms with Crippen LogP contribution in [0.2, 0.25) is 0 Å². The molecule has 0 aliphatic carbocycles. The zero-order valence-electron chi connectivity index (χ0n) is 15.3. The van der Waals surface area contributed by atoms with Crippen LogP contribution in [0.4, 0.5) is 0 Å². The monoisotopic (exact) mass is 434 g/mol. The number of phenols is 1. The molecule has 1 aromatic carbocycles. The van der Waals surface area contributed by atoms with Crippen molar-refractivity contribution in [3.63, 3.8) is 0 Å². The molecule has 0 saturated carbocycles. The molecule has 3 unspecified atom stereocenters. The fourth-order valence-electron chi connectivity index (χ4n) is 1.36. The minimum atomic E-state index is -1.21. The first-order chi connectivity index (χ1) is 13.3. The van der Waals surface area contributed by atoms with Gasteiger partial charge in [-0.15, -0.1) is 0 Å². The van der Waals surface area contributed by atoms with Crippen molar-refractivity contribution in [1.29, 1.82) is 0 Å². The molecule has 0 aromatic heterocycles. The van der Waals surface area contributed by atoms with Gasteiger partial charge < -0.3 is 43.4 Å². The maximum atomic E-state index is 10.4. The molecule has 0 heterocycles. The van der Waals surface area contributed by atoms with E-state index in [2.05, 4.69) is 18.4 Å². The highest BCUT2D eigenvalue weighted by atomic mass is 32.1. The lowest BCUT2D eigenvalue weighted by Gasteiger charge is -2.05. The molecule has 12 N–H and O–H groups in total. The molecule has 0 aliphatic rings. The maximum absolute atomic E-state index is 10.4. The van der Waals surface area contributed by atoms with Gasteiger partial charge in [0.25, 0.3) is 0 Å². The van der Waals surface area contributed by atoms with Gasteiger partial charge in [0.05, 0.1) is 6.42 Å². The Balaban J connectivity index is 0. The fraction of sp³-hybridized carbons (Fsp3) is 0.375. The van der Waals surface area contributed by atoms with E-state index in [-0.39, 0.29) is 24.3 Å². The normalized spacial score (nSPS) is 12.7. The van der Waals surface area contributed by atoms with E-state index in [0.717, 1.165) is 5.56 Å². The van der Waals surface area contributed by atoms with Gasteiger partial charge in [-0.2, -0.15) is 12.6 Å². The number of nitrogens with two attached hydrogens (primary N) is 4. The molecule has 29 heavy (non-hydrogen) atoms. The van der Waals surface area contributed by atoms with E-state index >= 15 is 0 Å². The Morgan fingerprint density at radius 3 is 1.48 bits per heavy atom. The number of primary amides is 1. The van der Waals surface area contributed by atoms with Crippen molar-refractivity contribution in [3.05, 3.63) is 29.8 Å². The number of carbonyl (C=O) groups excluding carboxylic acids is 1. The number of rotatable bonds is 8. The van der Waals surface area contributed by atoms with E-state index in [9.17, 15) is 19.2 Å². The summed E-state index contributed by atoms with van der Waals surface area (Å²) in [7, 11) is 0. The molecule has 0 aliphatic heterocycles. The van der Waals surface area contributed by atoms with Crippen LogP contribution in [0.15, 0.2) is 24.3 Å². The van der Waals surface area contributed by atoms with E-state index in [1.165, 1.54) is 12.1 Å². The average Bonchev–Trinajstić information content (AvgIpc) is 2.63. The first-order valence-electron chi connectivity index (χ1n) is 7.94. The largest absolute Gasteiger partial charge is 0.508 e. The van der Waals surface area contributed by atoms with Crippen molar-refractivity contribution in [1.82, 2.24) is 0 Å². The van der Waals surface area contributed by atoms with Gasteiger partial charge in [-0.25, -0.2) is 0 Å². The van der Waals surface area contributed by atoms with E-state index in [1.807, 2.05) is 0 Å². The van der Waals surface area contributed by atoms with Gasteiger partial charge in [0.15, 0.2) is 0 Å². The van der Waals surface area contributed by atoms with Gasteiger partial charge in [-0.05, 0) is 24.1 Å². The van der Waals surface area contributed by atoms with Gasteiger partial charge in [-0.1, -0.05) is 12.1 Å². The average molecular weight is 434 g/mol. The van der Waals surface area contributed by atoms with Gasteiger partial charge >= 0.3 is 17.9 Å². The standard InChI is InChI=1S/C9H11NO3.C4H8N2O3.C3H7NO2S/c10-8(9(12)13)5-6-1-3-7(11)4-2-6;5-2(4(8)9)1-3(6)7;4-2(1-7)3(5)6/h1-4,8,11H,5,10H2,(H,12,13);2H,1,5H2,(H2,6,7)(H,8,9);2,7H,1,4H2,(H,5,6). The SMILES string of the molecule is NC(=O)CC(N)C(=O)O.NC(CS)C(=O)O.NC(Cc1ccc(O)cc1)C(=O)O. The third kappa shape index (κ3) is 15.8. The minimum Gasteiger partial charge on any atom is -0.508 e. The molecular weight excluding hydrogens is 408 g/mol. The van der Waals surface area contributed by atoms with E-state index < -0.39 is 41.9 Å². The van der Waals surface area contributed by atoms with Crippen molar-refractivity contribution in [3.8, 4) is 5.75 Å². The second-order valence-corrected chi connectivity index (χ2v) is 5.92. The number of benzene rings is 1. The van der Waals surface area contributed by atoms with E-state index in [1.54, 1.807) is 12.1 Å². The molecule has 1 aromatic rings. The summed E-state index contributed by atoms with van der Waals surface area (Å²) in [6.45, 7) is 0. The first kappa shape index (κ1) is 28.3. The van der Waals surface area contributed by atoms with Crippen molar-refractivity contribution < 1.29 is 39.6 Å². The number of carboxylic acids is 3. The molecule has 0 bridgehead atoms. The summed E-state index contributed by atoms with van der Waals surface area (Å²) in [6, 6.07) is 3.44. The highest BCUT2D eigenvalue weighted by molar-refractivity contribution is 7.80.